The molecule has 10 heteroatoms. The van der Waals surface area contributed by atoms with Gasteiger partial charge < -0.3 is 10.2 Å². The second-order valence-corrected chi connectivity index (χ2v) is 11.6. The summed E-state index contributed by atoms with van der Waals surface area (Å²) in [5.41, 5.74) is 0.982. The predicted molar refractivity (Wildman–Crippen MR) is 138 cm³/mol. The molecule has 0 bridgehead atoms. The summed E-state index contributed by atoms with van der Waals surface area (Å²) in [6.45, 7) is 1.40. The second kappa shape index (κ2) is 12.0. The number of nitrogens with zero attached hydrogens (tertiary/aromatic N) is 2. The van der Waals surface area contributed by atoms with Crippen LogP contribution in [0.1, 0.15) is 44.6 Å². The van der Waals surface area contributed by atoms with Crippen LogP contribution < -0.4 is 9.62 Å². The molecule has 0 aromatic heterocycles. The van der Waals surface area contributed by atoms with E-state index in [4.69, 9.17) is 0 Å². The first-order chi connectivity index (χ1) is 16.6. The highest BCUT2D eigenvalue weighted by Gasteiger charge is 2.33. The molecule has 2 amide bonds. The van der Waals surface area contributed by atoms with E-state index in [0.717, 1.165) is 40.7 Å². The van der Waals surface area contributed by atoms with Gasteiger partial charge in [-0.3, -0.25) is 13.9 Å². The van der Waals surface area contributed by atoms with E-state index in [2.05, 4.69) is 21.2 Å². The van der Waals surface area contributed by atoms with Crippen molar-refractivity contribution in [3.05, 3.63) is 64.4 Å². The molecule has 1 atom stereocenters. The van der Waals surface area contributed by atoms with E-state index in [-0.39, 0.29) is 18.5 Å². The van der Waals surface area contributed by atoms with E-state index in [1.165, 1.54) is 17.0 Å². The molecular formula is C25H31BrFN3O4S. The van der Waals surface area contributed by atoms with Crippen molar-refractivity contribution in [2.75, 3.05) is 17.1 Å². The lowest BCUT2D eigenvalue weighted by molar-refractivity contribution is -0.140. The van der Waals surface area contributed by atoms with Crippen LogP contribution >= 0.6 is 15.9 Å². The van der Waals surface area contributed by atoms with Gasteiger partial charge in [0.15, 0.2) is 0 Å². The van der Waals surface area contributed by atoms with Gasteiger partial charge in [0.05, 0.1) is 11.9 Å². The zero-order chi connectivity index (χ0) is 25.6. The van der Waals surface area contributed by atoms with E-state index < -0.39 is 34.3 Å². The molecule has 0 aliphatic heterocycles. The molecule has 1 unspecified atom stereocenters. The number of hydrogen-bond donors (Lipinski definition) is 1. The Morgan fingerprint density at radius 3 is 2.23 bits per heavy atom. The SMILES string of the molecule is CCC(C(=O)NC1CCCC1)N(Cc1ccc(F)cc1)C(=O)CN(c1ccc(Br)cc1)S(C)(=O)=O. The third-order valence-electron chi connectivity index (χ3n) is 6.15. The van der Waals surface area contributed by atoms with Crippen LogP contribution in [-0.2, 0) is 26.2 Å². The van der Waals surface area contributed by atoms with Crippen LogP contribution in [0.2, 0.25) is 0 Å². The van der Waals surface area contributed by atoms with Crippen LogP contribution in [0.3, 0.4) is 0 Å². The van der Waals surface area contributed by atoms with E-state index in [1.807, 2.05) is 6.92 Å². The molecule has 0 spiro atoms. The van der Waals surface area contributed by atoms with Crippen LogP contribution in [-0.4, -0.2) is 50.0 Å². The molecule has 1 N–H and O–H groups in total. The highest BCUT2D eigenvalue weighted by Crippen LogP contribution is 2.23. The largest absolute Gasteiger partial charge is 0.352 e. The summed E-state index contributed by atoms with van der Waals surface area (Å²) in [6.07, 6.45) is 5.30. The van der Waals surface area contributed by atoms with Gasteiger partial charge in [-0.25, -0.2) is 12.8 Å². The lowest BCUT2D eigenvalue weighted by Crippen LogP contribution is -2.53. The number of halogens is 2. The van der Waals surface area contributed by atoms with E-state index in [9.17, 15) is 22.4 Å². The molecule has 1 aliphatic carbocycles. The van der Waals surface area contributed by atoms with Crippen molar-refractivity contribution in [1.29, 1.82) is 0 Å². The van der Waals surface area contributed by atoms with Gasteiger partial charge in [-0.05, 0) is 61.2 Å². The minimum atomic E-state index is -3.79. The summed E-state index contributed by atoms with van der Waals surface area (Å²) in [5.74, 6) is -1.18. The average molecular weight is 569 g/mol. The summed E-state index contributed by atoms with van der Waals surface area (Å²) in [4.78, 5) is 28.2. The maximum absolute atomic E-state index is 13.6. The zero-order valence-electron chi connectivity index (χ0n) is 19.9. The molecule has 3 rings (SSSR count). The van der Waals surface area contributed by atoms with Crippen LogP contribution in [0.4, 0.5) is 10.1 Å². The zero-order valence-corrected chi connectivity index (χ0v) is 22.3. The number of amides is 2. The average Bonchev–Trinajstić information content (AvgIpc) is 3.31. The molecule has 190 valence electrons. The van der Waals surface area contributed by atoms with Gasteiger partial charge in [0.25, 0.3) is 0 Å². The van der Waals surface area contributed by atoms with Crippen molar-refractivity contribution in [3.8, 4) is 0 Å². The maximum Gasteiger partial charge on any atom is 0.244 e. The molecule has 0 heterocycles. The molecule has 1 saturated carbocycles. The fraction of sp³-hybridized carbons (Fsp3) is 0.440. The van der Waals surface area contributed by atoms with Crippen molar-refractivity contribution in [1.82, 2.24) is 10.2 Å². The highest BCUT2D eigenvalue weighted by atomic mass is 79.9. The van der Waals surface area contributed by atoms with Crippen LogP contribution in [0, 0.1) is 5.82 Å². The second-order valence-electron chi connectivity index (χ2n) is 8.81. The third kappa shape index (κ3) is 7.51. The van der Waals surface area contributed by atoms with Gasteiger partial charge in [-0.2, -0.15) is 0 Å². The minimum absolute atomic E-state index is 0.0493. The molecule has 1 fully saturated rings. The smallest absolute Gasteiger partial charge is 0.244 e. The first-order valence-electron chi connectivity index (χ1n) is 11.7. The number of hydrogen-bond acceptors (Lipinski definition) is 4. The lowest BCUT2D eigenvalue weighted by Gasteiger charge is -2.33. The molecule has 0 radical (unpaired) electrons. The molecule has 2 aromatic carbocycles. The van der Waals surface area contributed by atoms with Gasteiger partial charge >= 0.3 is 0 Å². The summed E-state index contributed by atoms with van der Waals surface area (Å²) < 4.78 is 40.5. The summed E-state index contributed by atoms with van der Waals surface area (Å²) in [5, 5.41) is 3.05. The Hall–Kier alpha value is -2.46. The van der Waals surface area contributed by atoms with Gasteiger partial charge in [0.2, 0.25) is 21.8 Å². The first kappa shape index (κ1) is 27.1. The fourth-order valence-corrected chi connectivity index (χ4v) is 5.41. The highest BCUT2D eigenvalue weighted by molar-refractivity contribution is 9.10. The number of sulfonamides is 1. The molecule has 35 heavy (non-hydrogen) atoms. The quantitative estimate of drug-likeness (QED) is 0.465. The topological polar surface area (TPSA) is 86.8 Å². The Morgan fingerprint density at radius 2 is 1.69 bits per heavy atom. The Balaban J connectivity index is 1.90. The minimum Gasteiger partial charge on any atom is -0.352 e. The number of nitrogens with one attached hydrogen (secondary N) is 1. The van der Waals surface area contributed by atoms with E-state index in [0.29, 0.717) is 17.7 Å². The molecule has 1 aliphatic rings. The Morgan fingerprint density at radius 1 is 1.09 bits per heavy atom. The summed E-state index contributed by atoms with van der Waals surface area (Å²) in [6, 6.07) is 11.6. The fourth-order valence-electron chi connectivity index (χ4n) is 4.29. The van der Waals surface area contributed by atoms with Crippen molar-refractivity contribution in [2.45, 2.75) is 57.7 Å². The van der Waals surface area contributed by atoms with Crippen LogP contribution in [0.5, 0.6) is 0 Å². The van der Waals surface area contributed by atoms with Crippen LogP contribution in [0.15, 0.2) is 53.0 Å². The number of benzene rings is 2. The molecule has 7 nitrogen and oxygen atoms in total. The monoisotopic (exact) mass is 567 g/mol. The van der Waals surface area contributed by atoms with Crippen molar-refractivity contribution < 1.29 is 22.4 Å². The Bertz CT molecular complexity index is 1120. The maximum atomic E-state index is 13.6. The third-order valence-corrected chi connectivity index (χ3v) is 7.82. The van der Waals surface area contributed by atoms with Crippen molar-refractivity contribution in [2.24, 2.45) is 0 Å². The summed E-state index contributed by atoms with van der Waals surface area (Å²) in [7, 11) is -3.79. The normalized spacial score (nSPS) is 15.0. The van der Waals surface area contributed by atoms with Gasteiger partial charge in [0, 0.05) is 17.1 Å². The van der Waals surface area contributed by atoms with E-state index >= 15 is 0 Å². The standard InChI is InChI=1S/C25H31BrFN3O4S/c1-3-23(25(32)28-21-6-4-5-7-21)29(16-18-8-12-20(27)13-9-18)24(31)17-30(35(2,33)34)22-14-10-19(26)11-15-22/h8-15,21,23H,3-7,16-17H2,1-2H3,(H,28,32). The van der Waals surface area contributed by atoms with Gasteiger partial charge in [0.1, 0.15) is 18.4 Å². The molecular weight excluding hydrogens is 537 g/mol. The van der Waals surface area contributed by atoms with Gasteiger partial charge in [-0.1, -0.05) is 47.8 Å². The number of rotatable bonds is 10. The number of carbonyl (C=O) groups excluding carboxylic acids is 2. The Kier molecular flexibility index (Phi) is 9.29. The van der Waals surface area contributed by atoms with Crippen molar-refractivity contribution >= 4 is 43.5 Å². The van der Waals surface area contributed by atoms with Crippen LogP contribution in [0.25, 0.3) is 0 Å². The van der Waals surface area contributed by atoms with Gasteiger partial charge in [-0.15, -0.1) is 0 Å². The van der Waals surface area contributed by atoms with Crippen molar-refractivity contribution in [3.63, 3.8) is 0 Å². The molecule has 2 aromatic rings. The Labute approximate surface area is 214 Å². The summed E-state index contributed by atoms with van der Waals surface area (Å²) >= 11 is 3.33. The first-order valence-corrected chi connectivity index (χ1v) is 14.3. The molecule has 0 saturated heterocycles. The lowest BCUT2D eigenvalue weighted by atomic mass is 10.1. The number of anilines is 1. The predicted octanol–water partition coefficient (Wildman–Crippen LogP) is 4.22. The van der Waals surface area contributed by atoms with E-state index in [1.54, 1.807) is 36.4 Å². The number of carbonyl (C=O) groups is 2.